The van der Waals surface area contributed by atoms with E-state index in [0.29, 0.717) is 13.0 Å². The van der Waals surface area contributed by atoms with E-state index in [2.05, 4.69) is 40.5 Å². The highest BCUT2D eigenvalue weighted by Crippen LogP contribution is 2.39. The van der Waals surface area contributed by atoms with Gasteiger partial charge in [-0.1, -0.05) is 66.7 Å². The normalized spacial score (nSPS) is 19.2. The molecule has 0 aliphatic carbocycles. The molecule has 3 aromatic rings. The van der Waals surface area contributed by atoms with Gasteiger partial charge in [0.05, 0.1) is 12.0 Å². The molecule has 2 aliphatic heterocycles. The fourth-order valence-corrected chi connectivity index (χ4v) is 5.75. The fraction of sp³-hybridized carbons (Fsp3) is 0.355. The van der Waals surface area contributed by atoms with Crippen molar-refractivity contribution in [3.05, 3.63) is 95.6 Å². The first-order chi connectivity index (χ1) is 17.5. The SMILES string of the molecule is CC(=O)C1(c2ccccc2)CCN(CCCOc2ccc3c(c2)NC(=O)CC3c2ccccc2)CC1. The lowest BCUT2D eigenvalue weighted by Crippen LogP contribution is -2.46. The van der Waals surface area contributed by atoms with Gasteiger partial charge in [-0.3, -0.25) is 9.59 Å². The van der Waals surface area contributed by atoms with Crippen molar-refractivity contribution in [2.24, 2.45) is 0 Å². The minimum atomic E-state index is -0.348. The summed E-state index contributed by atoms with van der Waals surface area (Å²) >= 11 is 0. The number of carbonyl (C=O) groups excluding carboxylic acids is 2. The summed E-state index contributed by atoms with van der Waals surface area (Å²) in [7, 11) is 0. The second-order valence-corrected chi connectivity index (χ2v) is 10.0. The van der Waals surface area contributed by atoms with E-state index in [1.165, 1.54) is 0 Å². The van der Waals surface area contributed by atoms with E-state index in [1.54, 1.807) is 6.92 Å². The van der Waals surface area contributed by atoms with Gasteiger partial charge in [0, 0.05) is 30.6 Å². The van der Waals surface area contributed by atoms with Gasteiger partial charge in [0.2, 0.25) is 5.91 Å². The number of ether oxygens (including phenoxy) is 1. The Bertz CT molecular complexity index is 1200. The lowest BCUT2D eigenvalue weighted by atomic mass is 9.70. The molecule has 5 nitrogen and oxygen atoms in total. The van der Waals surface area contributed by atoms with Gasteiger partial charge in [-0.05, 0) is 62.0 Å². The van der Waals surface area contributed by atoms with Crippen LogP contribution in [0.3, 0.4) is 0 Å². The van der Waals surface area contributed by atoms with Crippen LogP contribution in [0, 0.1) is 0 Å². The van der Waals surface area contributed by atoms with Gasteiger partial charge in [0.15, 0.2) is 0 Å². The van der Waals surface area contributed by atoms with Gasteiger partial charge in [-0.15, -0.1) is 0 Å². The summed E-state index contributed by atoms with van der Waals surface area (Å²) < 4.78 is 6.06. The summed E-state index contributed by atoms with van der Waals surface area (Å²) in [6.45, 7) is 5.13. The number of hydrogen-bond donors (Lipinski definition) is 1. The lowest BCUT2D eigenvalue weighted by molar-refractivity contribution is -0.124. The summed E-state index contributed by atoms with van der Waals surface area (Å²) in [5, 5.41) is 3.02. The van der Waals surface area contributed by atoms with Crippen molar-refractivity contribution >= 4 is 17.4 Å². The molecule has 1 N–H and O–H groups in total. The first-order valence-electron chi connectivity index (χ1n) is 13.0. The van der Waals surface area contributed by atoms with E-state index in [4.69, 9.17) is 4.74 Å². The fourth-order valence-electron chi connectivity index (χ4n) is 5.75. The maximum atomic E-state index is 12.6. The smallest absolute Gasteiger partial charge is 0.225 e. The second kappa shape index (κ2) is 10.7. The zero-order valence-corrected chi connectivity index (χ0v) is 20.9. The number of Topliss-reactive ketones (excluding diaryl/α,β-unsaturated/α-hetero) is 1. The largest absolute Gasteiger partial charge is 0.493 e. The number of likely N-dealkylation sites (tertiary alicyclic amines) is 1. The maximum Gasteiger partial charge on any atom is 0.225 e. The molecule has 3 aromatic carbocycles. The molecule has 1 amide bonds. The monoisotopic (exact) mass is 482 g/mol. The van der Waals surface area contributed by atoms with Crippen LogP contribution in [0.15, 0.2) is 78.9 Å². The molecule has 0 bridgehead atoms. The Kier molecular flexibility index (Phi) is 7.19. The van der Waals surface area contributed by atoms with Crippen molar-refractivity contribution in [2.75, 3.05) is 31.6 Å². The van der Waals surface area contributed by atoms with Crippen molar-refractivity contribution in [1.29, 1.82) is 0 Å². The minimum Gasteiger partial charge on any atom is -0.493 e. The van der Waals surface area contributed by atoms with Crippen LogP contribution in [0.4, 0.5) is 5.69 Å². The standard InChI is InChI=1S/C31H34N2O3/c1-23(34)31(25-11-6-3-7-12-25)15-18-33(19-16-31)17-8-20-36-26-13-14-27-28(24-9-4-2-5-10-24)22-30(35)32-29(27)21-26/h2-7,9-14,21,28H,8,15-20,22H2,1H3,(H,32,35). The van der Waals surface area contributed by atoms with Crippen molar-refractivity contribution in [2.45, 2.75) is 43.9 Å². The molecule has 0 spiro atoms. The summed E-state index contributed by atoms with van der Waals surface area (Å²) in [6, 6.07) is 26.5. The Morgan fingerprint density at radius 3 is 2.39 bits per heavy atom. The van der Waals surface area contributed by atoms with Crippen LogP contribution in [0.5, 0.6) is 5.75 Å². The number of piperidine rings is 1. The van der Waals surface area contributed by atoms with Gasteiger partial charge >= 0.3 is 0 Å². The first-order valence-corrected chi connectivity index (χ1v) is 13.0. The third kappa shape index (κ3) is 5.07. The van der Waals surface area contributed by atoms with E-state index < -0.39 is 0 Å². The number of anilines is 1. The van der Waals surface area contributed by atoms with Gasteiger partial charge in [-0.25, -0.2) is 0 Å². The molecule has 36 heavy (non-hydrogen) atoms. The van der Waals surface area contributed by atoms with E-state index in [0.717, 1.165) is 67.0 Å². The number of hydrogen-bond acceptors (Lipinski definition) is 4. The Morgan fingerprint density at radius 2 is 1.69 bits per heavy atom. The van der Waals surface area contributed by atoms with Crippen molar-refractivity contribution in [1.82, 2.24) is 4.90 Å². The summed E-state index contributed by atoms with van der Waals surface area (Å²) in [6.07, 6.45) is 3.09. The van der Waals surface area contributed by atoms with E-state index in [1.807, 2.05) is 48.5 Å². The summed E-state index contributed by atoms with van der Waals surface area (Å²) in [4.78, 5) is 27.4. The molecule has 0 radical (unpaired) electrons. The van der Waals surface area contributed by atoms with Gasteiger partial charge in [-0.2, -0.15) is 0 Å². The van der Waals surface area contributed by atoms with Crippen LogP contribution in [-0.2, 0) is 15.0 Å². The van der Waals surface area contributed by atoms with Gasteiger partial charge in [0.25, 0.3) is 0 Å². The van der Waals surface area contributed by atoms with Gasteiger partial charge < -0.3 is 15.0 Å². The average molecular weight is 483 g/mol. The van der Waals surface area contributed by atoms with E-state index >= 15 is 0 Å². The number of fused-ring (bicyclic) bond motifs is 1. The van der Waals surface area contributed by atoms with Crippen molar-refractivity contribution in [3.8, 4) is 5.75 Å². The summed E-state index contributed by atoms with van der Waals surface area (Å²) in [5.41, 5.74) is 3.93. The van der Waals surface area contributed by atoms with Gasteiger partial charge in [0.1, 0.15) is 11.5 Å². The molecule has 5 heteroatoms. The third-order valence-corrected chi connectivity index (χ3v) is 7.86. The number of benzene rings is 3. The van der Waals surface area contributed by atoms with Crippen molar-refractivity contribution < 1.29 is 14.3 Å². The molecule has 1 fully saturated rings. The van der Waals surface area contributed by atoms with Crippen LogP contribution in [0.1, 0.15) is 55.2 Å². The predicted molar refractivity (Wildman–Crippen MR) is 143 cm³/mol. The number of amides is 1. The molecule has 1 unspecified atom stereocenters. The Balaban J connectivity index is 1.14. The van der Waals surface area contributed by atoms with E-state index in [-0.39, 0.29) is 23.0 Å². The molecule has 5 rings (SSSR count). The highest BCUT2D eigenvalue weighted by atomic mass is 16.5. The average Bonchev–Trinajstić information content (AvgIpc) is 2.91. The van der Waals surface area contributed by atoms with Crippen LogP contribution >= 0.6 is 0 Å². The van der Waals surface area contributed by atoms with Crippen LogP contribution in [0.2, 0.25) is 0 Å². The molecule has 2 aliphatic rings. The number of ketones is 1. The first kappa shape index (κ1) is 24.3. The molecule has 0 aromatic heterocycles. The molecule has 1 saturated heterocycles. The Hall–Kier alpha value is -3.44. The summed E-state index contributed by atoms with van der Waals surface area (Å²) in [5.74, 6) is 1.16. The quantitative estimate of drug-likeness (QED) is 0.428. The molecular formula is C31H34N2O3. The van der Waals surface area contributed by atoms with Crippen LogP contribution in [-0.4, -0.2) is 42.8 Å². The number of carbonyl (C=O) groups is 2. The number of nitrogens with zero attached hydrogens (tertiary/aromatic N) is 1. The Labute approximate surface area is 213 Å². The predicted octanol–water partition coefficient (Wildman–Crippen LogP) is 5.55. The molecule has 2 heterocycles. The van der Waals surface area contributed by atoms with Crippen LogP contribution in [0.25, 0.3) is 0 Å². The highest BCUT2D eigenvalue weighted by molar-refractivity contribution is 5.95. The molecule has 0 saturated carbocycles. The zero-order chi connectivity index (χ0) is 25.0. The Morgan fingerprint density at radius 1 is 1.00 bits per heavy atom. The molecule has 1 atom stereocenters. The minimum absolute atomic E-state index is 0.0377. The third-order valence-electron chi connectivity index (χ3n) is 7.86. The lowest BCUT2D eigenvalue weighted by Gasteiger charge is -2.40. The number of nitrogens with one attached hydrogen (secondary N) is 1. The van der Waals surface area contributed by atoms with Crippen molar-refractivity contribution in [3.63, 3.8) is 0 Å². The second-order valence-electron chi connectivity index (χ2n) is 10.0. The maximum absolute atomic E-state index is 12.6. The van der Waals surface area contributed by atoms with E-state index in [9.17, 15) is 9.59 Å². The molecule has 186 valence electrons. The topological polar surface area (TPSA) is 58.6 Å². The molecular weight excluding hydrogens is 448 g/mol. The van der Waals surface area contributed by atoms with Crippen LogP contribution < -0.4 is 10.1 Å². The number of rotatable bonds is 8. The zero-order valence-electron chi connectivity index (χ0n) is 20.9. The highest BCUT2D eigenvalue weighted by Gasteiger charge is 2.40.